The molecule has 30 heavy (non-hydrogen) atoms. The Morgan fingerprint density at radius 1 is 0.867 bits per heavy atom. The summed E-state index contributed by atoms with van der Waals surface area (Å²) in [7, 11) is 0. The van der Waals surface area contributed by atoms with Gasteiger partial charge in [-0.1, -0.05) is 60.7 Å². The first-order chi connectivity index (χ1) is 14.6. The number of hydrogen-bond donors (Lipinski definition) is 1. The van der Waals surface area contributed by atoms with Gasteiger partial charge in [0.2, 0.25) is 0 Å². The minimum atomic E-state index is -0.729. The van der Waals surface area contributed by atoms with Gasteiger partial charge in [-0.25, -0.2) is 14.8 Å². The van der Waals surface area contributed by atoms with Gasteiger partial charge in [0.25, 0.3) is 11.8 Å². The Balaban J connectivity index is 1.53. The van der Waals surface area contributed by atoms with Crippen LogP contribution in [0.4, 0.5) is 4.79 Å². The van der Waals surface area contributed by atoms with E-state index in [0.29, 0.717) is 17.8 Å². The molecule has 1 saturated heterocycles. The van der Waals surface area contributed by atoms with E-state index in [1.165, 1.54) is 18.5 Å². The number of benzene rings is 2. The molecule has 4 amide bonds. The summed E-state index contributed by atoms with van der Waals surface area (Å²) in [5, 5.41) is 2.22. The van der Waals surface area contributed by atoms with Crippen molar-refractivity contribution in [1.82, 2.24) is 20.2 Å². The van der Waals surface area contributed by atoms with Crippen LogP contribution in [-0.4, -0.2) is 39.3 Å². The minimum absolute atomic E-state index is 0.126. The van der Waals surface area contributed by atoms with Crippen LogP contribution in [0.15, 0.2) is 78.6 Å². The fourth-order valence-corrected chi connectivity index (χ4v) is 3.10. The summed E-state index contributed by atoms with van der Waals surface area (Å²) in [5.41, 5.74) is 2.22. The number of rotatable bonds is 5. The van der Waals surface area contributed by atoms with E-state index in [9.17, 15) is 14.4 Å². The number of nitrogens with zero attached hydrogens (tertiary/aromatic N) is 3. The number of nitrogens with one attached hydrogen (secondary N) is 1. The van der Waals surface area contributed by atoms with E-state index >= 15 is 0 Å². The van der Waals surface area contributed by atoms with Crippen LogP contribution in [0.3, 0.4) is 0 Å². The zero-order valence-electron chi connectivity index (χ0n) is 16.0. The monoisotopic (exact) mass is 398 g/mol. The molecule has 4 rings (SSSR count). The number of amides is 4. The van der Waals surface area contributed by atoms with E-state index in [-0.39, 0.29) is 12.1 Å². The lowest BCUT2D eigenvalue weighted by atomic mass is 10.1. The van der Waals surface area contributed by atoms with Crippen LogP contribution in [0.5, 0.6) is 0 Å². The lowest BCUT2D eigenvalue weighted by molar-refractivity contribution is -0.130. The Morgan fingerprint density at radius 3 is 2.17 bits per heavy atom. The molecular weight excluding hydrogens is 380 g/mol. The lowest BCUT2D eigenvalue weighted by Crippen LogP contribution is -2.54. The van der Waals surface area contributed by atoms with Crippen molar-refractivity contribution >= 4 is 23.9 Å². The molecule has 1 fully saturated rings. The Bertz CT molecular complexity index is 1110. The number of urea groups is 1. The van der Waals surface area contributed by atoms with Crippen LogP contribution >= 0.6 is 0 Å². The summed E-state index contributed by atoms with van der Waals surface area (Å²) < 4.78 is 0. The molecule has 3 aromatic rings. The molecule has 1 aliphatic rings. The first-order valence-electron chi connectivity index (χ1n) is 9.42. The van der Waals surface area contributed by atoms with Crippen molar-refractivity contribution in [3.05, 3.63) is 89.8 Å². The first-order valence-corrected chi connectivity index (χ1v) is 9.42. The lowest BCUT2D eigenvalue weighted by Gasteiger charge is -2.26. The molecule has 0 atom stereocenters. The van der Waals surface area contributed by atoms with E-state index in [2.05, 4.69) is 15.3 Å². The zero-order chi connectivity index (χ0) is 20.9. The number of aromatic nitrogens is 2. The second kappa shape index (κ2) is 8.48. The summed E-state index contributed by atoms with van der Waals surface area (Å²) >= 11 is 0. The normalized spacial score (nSPS) is 15.4. The molecule has 148 valence electrons. The smallest absolute Gasteiger partial charge is 0.273 e. The molecule has 1 aromatic heterocycles. The largest absolute Gasteiger partial charge is 0.331 e. The highest BCUT2D eigenvalue weighted by atomic mass is 16.2. The molecule has 1 N–H and O–H groups in total. The molecule has 0 radical (unpaired) electrons. The Labute approximate surface area is 173 Å². The van der Waals surface area contributed by atoms with Gasteiger partial charge in [-0.15, -0.1) is 0 Å². The summed E-state index contributed by atoms with van der Waals surface area (Å²) in [5.74, 6) is -0.822. The highest BCUT2D eigenvalue weighted by Gasteiger charge is 2.35. The molecule has 7 nitrogen and oxygen atoms in total. The number of imide groups is 2. The van der Waals surface area contributed by atoms with Gasteiger partial charge >= 0.3 is 6.03 Å². The number of barbiturate groups is 1. The maximum atomic E-state index is 12.8. The zero-order valence-corrected chi connectivity index (χ0v) is 16.0. The van der Waals surface area contributed by atoms with Crippen LogP contribution in [-0.2, 0) is 16.0 Å². The average Bonchev–Trinajstić information content (AvgIpc) is 2.78. The van der Waals surface area contributed by atoms with Crippen molar-refractivity contribution in [3.63, 3.8) is 0 Å². The first kappa shape index (κ1) is 19.2. The molecule has 0 aliphatic carbocycles. The molecule has 0 unspecified atom stereocenters. The Kier molecular flexibility index (Phi) is 5.43. The van der Waals surface area contributed by atoms with Gasteiger partial charge in [0.15, 0.2) is 5.82 Å². The molecule has 2 heterocycles. The third-order valence-electron chi connectivity index (χ3n) is 4.67. The van der Waals surface area contributed by atoms with Gasteiger partial charge in [0.1, 0.15) is 5.57 Å². The van der Waals surface area contributed by atoms with Crippen LogP contribution in [0.1, 0.15) is 11.1 Å². The molecule has 0 spiro atoms. The van der Waals surface area contributed by atoms with Crippen molar-refractivity contribution in [2.75, 3.05) is 6.54 Å². The second-order valence-corrected chi connectivity index (χ2v) is 6.72. The molecule has 7 heteroatoms. The van der Waals surface area contributed by atoms with Crippen molar-refractivity contribution < 1.29 is 14.4 Å². The third-order valence-corrected chi connectivity index (χ3v) is 4.67. The van der Waals surface area contributed by atoms with Gasteiger partial charge in [0.05, 0.1) is 0 Å². The van der Waals surface area contributed by atoms with E-state index < -0.39 is 17.8 Å². The summed E-state index contributed by atoms with van der Waals surface area (Å²) in [6, 6.07) is 18.3. The third kappa shape index (κ3) is 4.15. The quantitative estimate of drug-likeness (QED) is 0.527. The highest BCUT2D eigenvalue weighted by molar-refractivity contribution is 6.31. The second-order valence-electron chi connectivity index (χ2n) is 6.72. The summed E-state index contributed by atoms with van der Waals surface area (Å²) in [4.78, 5) is 46.8. The van der Waals surface area contributed by atoms with E-state index in [4.69, 9.17) is 0 Å². The SMILES string of the molecule is O=C1NC(=O)N(CCc2ccccc2)C(=O)/C1=C/c1cnc(-c2ccccc2)nc1. The van der Waals surface area contributed by atoms with Crippen LogP contribution in [0.25, 0.3) is 17.5 Å². The van der Waals surface area contributed by atoms with Gasteiger partial charge in [-0.2, -0.15) is 0 Å². The van der Waals surface area contributed by atoms with Crippen LogP contribution < -0.4 is 5.32 Å². The van der Waals surface area contributed by atoms with Crippen molar-refractivity contribution in [3.8, 4) is 11.4 Å². The van der Waals surface area contributed by atoms with E-state index in [1.54, 1.807) is 0 Å². The minimum Gasteiger partial charge on any atom is -0.273 e. The molecule has 0 saturated carbocycles. The van der Waals surface area contributed by atoms with Crippen LogP contribution in [0, 0.1) is 0 Å². The van der Waals surface area contributed by atoms with Gasteiger partial charge in [-0.05, 0) is 18.1 Å². The number of hydrogen-bond acceptors (Lipinski definition) is 5. The van der Waals surface area contributed by atoms with Gasteiger partial charge in [-0.3, -0.25) is 19.8 Å². The Morgan fingerprint density at radius 2 is 1.50 bits per heavy atom. The molecule has 1 aliphatic heterocycles. The number of carbonyl (C=O) groups is 3. The fraction of sp³-hybridized carbons (Fsp3) is 0.0870. The van der Waals surface area contributed by atoms with Gasteiger partial charge in [0, 0.05) is 30.1 Å². The maximum absolute atomic E-state index is 12.8. The van der Waals surface area contributed by atoms with Crippen molar-refractivity contribution in [1.29, 1.82) is 0 Å². The molecular formula is C23H18N4O3. The van der Waals surface area contributed by atoms with Crippen LogP contribution in [0.2, 0.25) is 0 Å². The fourth-order valence-electron chi connectivity index (χ4n) is 3.10. The predicted octanol–water partition coefficient (Wildman–Crippen LogP) is 2.85. The number of carbonyl (C=O) groups excluding carboxylic acids is 3. The van der Waals surface area contributed by atoms with Crippen molar-refractivity contribution in [2.24, 2.45) is 0 Å². The average molecular weight is 398 g/mol. The summed E-state index contributed by atoms with van der Waals surface area (Å²) in [6.45, 7) is 0.169. The predicted molar refractivity (Wildman–Crippen MR) is 111 cm³/mol. The standard InChI is InChI=1S/C23H18N4O3/c28-21-19(13-17-14-24-20(25-15-17)18-9-5-2-6-10-18)22(29)27(23(30)26-21)12-11-16-7-3-1-4-8-16/h1-10,13-15H,11-12H2,(H,26,28,30)/b19-13+. The summed E-state index contributed by atoms with van der Waals surface area (Å²) in [6.07, 6.45) is 4.96. The van der Waals surface area contributed by atoms with Crippen molar-refractivity contribution in [2.45, 2.75) is 6.42 Å². The molecule has 0 bridgehead atoms. The van der Waals surface area contributed by atoms with E-state index in [0.717, 1.165) is 16.0 Å². The highest BCUT2D eigenvalue weighted by Crippen LogP contribution is 2.17. The van der Waals surface area contributed by atoms with E-state index in [1.807, 2.05) is 60.7 Å². The van der Waals surface area contributed by atoms with Gasteiger partial charge < -0.3 is 0 Å². The topological polar surface area (TPSA) is 92.3 Å². The maximum Gasteiger partial charge on any atom is 0.331 e. The molecule has 2 aromatic carbocycles. The Hall–Kier alpha value is -4.13.